The second-order valence-electron chi connectivity index (χ2n) is 3.77. The van der Waals surface area contributed by atoms with E-state index in [0.29, 0.717) is 6.42 Å². The summed E-state index contributed by atoms with van der Waals surface area (Å²) in [6.07, 6.45) is 7.20. The molecule has 0 amide bonds. The van der Waals surface area contributed by atoms with E-state index in [9.17, 15) is 4.79 Å². The summed E-state index contributed by atoms with van der Waals surface area (Å²) < 4.78 is 5.35. The van der Waals surface area contributed by atoms with Crippen LogP contribution in [0.25, 0.3) is 0 Å². The summed E-state index contributed by atoms with van der Waals surface area (Å²) in [6.45, 7) is 6.26. The lowest BCUT2D eigenvalue weighted by Crippen LogP contribution is -2.17. The maximum atomic E-state index is 11.2. The molecule has 0 radical (unpaired) electrons. The first-order valence-electron chi connectivity index (χ1n) is 5.94. The predicted octanol–water partition coefficient (Wildman–Crippen LogP) is 3.69. The lowest BCUT2D eigenvalue weighted by molar-refractivity contribution is -0.149. The van der Waals surface area contributed by atoms with Crippen molar-refractivity contribution < 1.29 is 9.53 Å². The summed E-state index contributed by atoms with van der Waals surface area (Å²) in [6, 6.07) is 0. The number of carbonyl (C=O) groups excluding carboxylic acids is 1. The van der Waals surface area contributed by atoms with E-state index in [1.165, 1.54) is 19.3 Å². The van der Waals surface area contributed by atoms with Gasteiger partial charge in [-0.1, -0.05) is 33.6 Å². The lowest BCUT2D eigenvalue weighted by Gasteiger charge is -2.15. The minimum Gasteiger partial charge on any atom is -0.462 e. The van der Waals surface area contributed by atoms with Crippen LogP contribution in [0.4, 0.5) is 0 Å². The van der Waals surface area contributed by atoms with Crippen molar-refractivity contribution in [3.8, 4) is 0 Å². The highest BCUT2D eigenvalue weighted by atomic mass is 16.5. The van der Waals surface area contributed by atoms with Gasteiger partial charge in [-0.25, -0.2) is 0 Å². The van der Waals surface area contributed by atoms with E-state index >= 15 is 0 Å². The molecular weight excluding hydrogens is 176 g/mol. The van der Waals surface area contributed by atoms with Crippen LogP contribution in [-0.2, 0) is 9.53 Å². The summed E-state index contributed by atoms with van der Waals surface area (Å²) in [5.41, 5.74) is 0. The van der Waals surface area contributed by atoms with Gasteiger partial charge in [0.15, 0.2) is 0 Å². The van der Waals surface area contributed by atoms with Gasteiger partial charge in [-0.3, -0.25) is 4.79 Å². The normalized spacial score (nSPS) is 12.5. The van der Waals surface area contributed by atoms with Crippen LogP contribution in [0.3, 0.4) is 0 Å². The Morgan fingerprint density at radius 1 is 1.14 bits per heavy atom. The molecule has 0 fully saturated rings. The Hall–Kier alpha value is -0.530. The third-order valence-electron chi connectivity index (χ3n) is 2.34. The van der Waals surface area contributed by atoms with Crippen LogP contribution < -0.4 is 0 Å². The highest BCUT2D eigenvalue weighted by Gasteiger charge is 2.10. The van der Waals surface area contributed by atoms with Gasteiger partial charge in [0, 0.05) is 6.42 Å². The summed E-state index contributed by atoms with van der Waals surface area (Å²) in [7, 11) is 0. The van der Waals surface area contributed by atoms with Crippen LogP contribution in [0.1, 0.15) is 65.7 Å². The van der Waals surface area contributed by atoms with Crippen molar-refractivity contribution in [2.45, 2.75) is 71.8 Å². The number of esters is 1. The Balaban J connectivity index is 3.61. The number of hydrogen-bond donors (Lipinski definition) is 0. The van der Waals surface area contributed by atoms with Crippen LogP contribution in [0.2, 0.25) is 0 Å². The highest BCUT2D eigenvalue weighted by Crippen LogP contribution is 2.11. The van der Waals surface area contributed by atoms with Gasteiger partial charge in [0.1, 0.15) is 6.10 Å². The van der Waals surface area contributed by atoms with E-state index in [0.717, 1.165) is 19.3 Å². The first-order valence-corrected chi connectivity index (χ1v) is 5.94. The maximum Gasteiger partial charge on any atom is 0.306 e. The van der Waals surface area contributed by atoms with Gasteiger partial charge in [-0.05, 0) is 25.7 Å². The minimum absolute atomic E-state index is 0.0316. The molecule has 0 bridgehead atoms. The number of carbonyl (C=O) groups is 1. The van der Waals surface area contributed by atoms with Crippen LogP contribution in [0, 0.1) is 0 Å². The second-order valence-corrected chi connectivity index (χ2v) is 3.77. The van der Waals surface area contributed by atoms with E-state index in [-0.39, 0.29) is 12.1 Å². The fourth-order valence-electron chi connectivity index (χ4n) is 1.42. The van der Waals surface area contributed by atoms with E-state index < -0.39 is 0 Å². The molecule has 0 aromatic heterocycles. The topological polar surface area (TPSA) is 26.3 Å². The predicted molar refractivity (Wildman–Crippen MR) is 59.2 cm³/mol. The summed E-state index contributed by atoms with van der Waals surface area (Å²) in [5, 5.41) is 0. The third-order valence-corrected chi connectivity index (χ3v) is 2.34. The van der Waals surface area contributed by atoms with Crippen LogP contribution in [0.5, 0.6) is 0 Å². The maximum absolute atomic E-state index is 11.2. The van der Waals surface area contributed by atoms with Crippen LogP contribution in [-0.4, -0.2) is 12.1 Å². The number of hydrogen-bond acceptors (Lipinski definition) is 2. The first kappa shape index (κ1) is 13.5. The molecule has 2 heteroatoms. The van der Waals surface area contributed by atoms with Crippen molar-refractivity contribution in [3.63, 3.8) is 0 Å². The Bertz CT molecular complexity index is 143. The second kappa shape index (κ2) is 9.04. The highest BCUT2D eigenvalue weighted by molar-refractivity contribution is 5.69. The van der Waals surface area contributed by atoms with Crippen molar-refractivity contribution in [2.75, 3.05) is 0 Å². The zero-order chi connectivity index (χ0) is 10.8. The molecule has 84 valence electrons. The molecule has 0 heterocycles. The Kier molecular flexibility index (Phi) is 8.70. The number of unbranched alkanes of at least 4 members (excludes halogenated alkanes) is 2. The minimum atomic E-state index is -0.0316. The molecule has 0 spiro atoms. The first-order chi connectivity index (χ1) is 6.74. The van der Waals surface area contributed by atoms with E-state index in [2.05, 4.69) is 13.8 Å². The van der Waals surface area contributed by atoms with E-state index in [1.54, 1.807) is 0 Å². The molecule has 0 aromatic carbocycles. The van der Waals surface area contributed by atoms with Gasteiger partial charge < -0.3 is 4.74 Å². The zero-order valence-electron chi connectivity index (χ0n) is 9.84. The third kappa shape index (κ3) is 6.93. The molecule has 0 aromatic rings. The molecule has 0 rings (SSSR count). The SMILES string of the molecule is CCCCCC(CC)OC(=O)CCC. The van der Waals surface area contributed by atoms with E-state index in [1.807, 2.05) is 6.92 Å². The van der Waals surface area contributed by atoms with Crippen LogP contribution >= 0.6 is 0 Å². The summed E-state index contributed by atoms with van der Waals surface area (Å²) in [5.74, 6) is -0.0316. The molecule has 0 saturated carbocycles. The molecule has 0 aliphatic carbocycles. The lowest BCUT2D eigenvalue weighted by atomic mass is 10.1. The zero-order valence-corrected chi connectivity index (χ0v) is 9.84. The molecule has 1 unspecified atom stereocenters. The van der Waals surface area contributed by atoms with Gasteiger partial charge in [0.25, 0.3) is 0 Å². The van der Waals surface area contributed by atoms with Crippen molar-refractivity contribution in [1.29, 1.82) is 0 Å². The van der Waals surface area contributed by atoms with Crippen molar-refractivity contribution in [1.82, 2.24) is 0 Å². The molecule has 0 saturated heterocycles. The monoisotopic (exact) mass is 200 g/mol. The van der Waals surface area contributed by atoms with Gasteiger partial charge in [-0.2, -0.15) is 0 Å². The average Bonchev–Trinajstić information content (AvgIpc) is 2.17. The number of ether oxygens (including phenoxy) is 1. The summed E-state index contributed by atoms with van der Waals surface area (Å²) >= 11 is 0. The summed E-state index contributed by atoms with van der Waals surface area (Å²) in [4.78, 5) is 11.2. The molecule has 0 aliphatic rings. The Morgan fingerprint density at radius 2 is 1.86 bits per heavy atom. The van der Waals surface area contributed by atoms with Crippen molar-refractivity contribution >= 4 is 5.97 Å². The van der Waals surface area contributed by atoms with Crippen molar-refractivity contribution in [3.05, 3.63) is 0 Å². The number of rotatable bonds is 8. The molecule has 0 aliphatic heterocycles. The molecule has 1 atom stereocenters. The largest absolute Gasteiger partial charge is 0.462 e. The fraction of sp³-hybridized carbons (Fsp3) is 0.917. The van der Waals surface area contributed by atoms with Gasteiger partial charge >= 0.3 is 5.97 Å². The van der Waals surface area contributed by atoms with Crippen LogP contribution in [0.15, 0.2) is 0 Å². The molecule has 0 N–H and O–H groups in total. The van der Waals surface area contributed by atoms with Gasteiger partial charge in [0.05, 0.1) is 0 Å². The quantitative estimate of drug-likeness (QED) is 0.441. The smallest absolute Gasteiger partial charge is 0.306 e. The average molecular weight is 200 g/mol. The van der Waals surface area contributed by atoms with Crippen molar-refractivity contribution in [2.24, 2.45) is 0 Å². The van der Waals surface area contributed by atoms with E-state index in [4.69, 9.17) is 4.74 Å². The molecule has 2 nitrogen and oxygen atoms in total. The van der Waals surface area contributed by atoms with Gasteiger partial charge in [0.2, 0.25) is 0 Å². The Labute approximate surface area is 88.0 Å². The van der Waals surface area contributed by atoms with Gasteiger partial charge in [-0.15, -0.1) is 0 Å². The molecular formula is C12H24O2. The standard InChI is InChI=1S/C12H24O2/c1-4-7-8-10-11(6-3)14-12(13)9-5-2/h11H,4-10H2,1-3H3. The Morgan fingerprint density at radius 3 is 2.36 bits per heavy atom. The fourth-order valence-corrected chi connectivity index (χ4v) is 1.42. The molecule has 14 heavy (non-hydrogen) atoms.